The monoisotopic (exact) mass is 192 g/mol. The van der Waals surface area contributed by atoms with Crippen LogP contribution in [0, 0.1) is 11.3 Å². The zero-order valence-electron chi connectivity index (χ0n) is 7.90. The minimum absolute atomic E-state index is 0.0913. The number of benzene rings is 1. The molecule has 0 fully saturated rings. The molecule has 4 heteroatoms. The van der Waals surface area contributed by atoms with Crippen molar-refractivity contribution in [2.45, 2.75) is 12.5 Å². The molecular weight excluding hydrogens is 180 g/mol. The van der Waals surface area contributed by atoms with Gasteiger partial charge in [-0.15, -0.1) is 0 Å². The van der Waals surface area contributed by atoms with E-state index in [1.54, 1.807) is 12.1 Å². The first-order valence-corrected chi connectivity index (χ1v) is 4.18. The number of hydrogen-bond acceptors (Lipinski definition) is 4. The Morgan fingerprint density at radius 1 is 1.64 bits per heavy atom. The van der Waals surface area contributed by atoms with E-state index in [0.29, 0.717) is 11.3 Å². The van der Waals surface area contributed by atoms with E-state index in [4.69, 9.17) is 15.7 Å². The molecule has 0 bridgehead atoms. The third-order valence-corrected chi connectivity index (χ3v) is 1.95. The smallest absolute Gasteiger partial charge is 0.120 e. The average molecular weight is 192 g/mol. The lowest BCUT2D eigenvalue weighted by atomic mass is 10.0. The van der Waals surface area contributed by atoms with Gasteiger partial charge in [0, 0.05) is 11.6 Å². The van der Waals surface area contributed by atoms with Crippen LogP contribution in [0.25, 0.3) is 0 Å². The largest absolute Gasteiger partial charge is 0.508 e. The minimum atomic E-state index is -0.477. The first-order valence-electron chi connectivity index (χ1n) is 4.18. The van der Waals surface area contributed by atoms with Crippen LogP contribution in [0.2, 0.25) is 0 Å². The standard InChI is InChI=1S/C10H12N2O2/c1-14-7-2-3-10(13)8(6-7)9(12)4-5-11/h2-3,6,9,13H,4,12H2,1H3. The lowest BCUT2D eigenvalue weighted by Gasteiger charge is -2.11. The number of nitrogens with zero attached hydrogens (tertiary/aromatic N) is 1. The highest BCUT2D eigenvalue weighted by Crippen LogP contribution is 2.28. The number of nitrogens with two attached hydrogens (primary N) is 1. The molecule has 1 unspecified atom stereocenters. The summed E-state index contributed by atoms with van der Waals surface area (Å²) in [5, 5.41) is 18.0. The van der Waals surface area contributed by atoms with E-state index >= 15 is 0 Å². The molecular formula is C10H12N2O2. The molecule has 0 spiro atoms. The molecule has 0 saturated carbocycles. The zero-order valence-corrected chi connectivity index (χ0v) is 7.90. The summed E-state index contributed by atoms with van der Waals surface area (Å²) in [6.07, 6.45) is 0.167. The average Bonchev–Trinajstić information content (AvgIpc) is 2.19. The van der Waals surface area contributed by atoms with E-state index < -0.39 is 6.04 Å². The highest BCUT2D eigenvalue weighted by atomic mass is 16.5. The molecule has 0 amide bonds. The molecule has 1 aromatic carbocycles. The molecule has 0 aliphatic carbocycles. The predicted octanol–water partition coefficient (Wildman–Crippen LogP) is 1.31. The van der Waals surface area contributed by atoms with Crippen molar-refractivity contribution in [3.05, 3.63) is 23.8 Å². The predicted molar refractivity (Wildman–Crippen MR) is 51.8 cm³/mol. The second-order valence-electron chi connectivity index (χ2n) is 2.89. The van der Waals surface area contributed by atoms with Crippen LogP contribution in [-0.2, 0) is 0 Å². The molecule has 1 aromatic rings. The number of phenolic OH excluding ortho intramolecular Hbond substituents is 1. The Morgan fingerprint density at radius 2 is 2.36 bits per heavy atom. The van der Waals surface area contributed by atoms with Crippen LogP contribution < -0.4 is 10.5 Å². The van der Waals surface area contributed by atoms with Crippen LogP contribution in [0.5, 0.6) is 11.5 Å². The van der Waals surface area contributed by atoms with Gasteiger partial charge in [0.1, 0.15) is 11.5 Å². The maximum atomic E-state index is 9.48. The molecule has 0 aliphatic rings. The van der Waals surface area contributed by atoms with Crippen LogP contribution >= 0.6 is 0 Å². The summed E-state index contributed by atoms with van der Waals surface area (Å²) >= 11 is 0. The van der Waals surface area contributed by atoms with E-state index in [-0.39, 0.29) is 12.2 Å². The third kappa shape index (κ3) is 2.15. The van der Waals surface area contributed by atoms with Crippen molar-refractivity contribution in [3.8, 4) is 17.6 Å². The van der Waals surface area contributed by atoms with Crippen LogP contribution in [0.15, 0.2) is 18.2 Å². The van der Waals surface area contributed by atoms with Crippen molar-refractivity contribution in [1.82, 2.24) is 0 Å². The van der Waals surface area contributed by atoms with Gasteiger partial charge >= 0.3 is 0 Å². The van der Waals surface area contributed by atoms with Gasteiger partial charge in [0.25, 0.3) is 0 Å². The van der Waals surface area contributed by atoms with Gasteiger partial charge in [0.05, 0.1) is 19.6 Å². The van der Waals surface area contributed by atoms with E-state index in [1.165, 1.54) is 13.2 Å². The molecule has 4 nitrogen and oxygen atoms in total. The van der Waals surface area contributed by atoms with Crippen molar-refractivity contribution >= 4 is 0 Å². The summed E-state index contributed by atoms with van der Waals surface area (Å²) in [4.78, 5) is 0. The summed E-state index contributed by atoms with van der Waals surface area (Å²) in [6.45, 7) is 0. The van der Waals surface area contributed by atoms with Crippen molar-refractivity contribution in [2.75, 3.05) is 7.11 Å². The lowest BCUT2D eigenvalue weighted by molar-refractivity contribution is 0.409. The van der Waals surface area contributed by atoms with Gasteiger partial charge in [-0.1, -0.05) is 0 Å². The third-order valence-electron chi connectivity index (χ3n) is 1.95. The summed E-state index contributed by atoms with van der Waals surface area (Å²) in [5.41, 5.74) is 6.23. The van der Waals surface area contributed by atoms with Crippen molar-refractivity contribution in [3.63, 3.8) is 0 Å². The van der Waals surface area contributed by atoms with Gasteiger partial charge in [0.2, 0.25) is 0 Å². The fourth-order valence-corrected chi connectivity index (χ4v) is 1.16. The highest BCUT2D eigenvalue weighted by molar-refractivity contribution is 5.41. The minimum Gasteiger partial charge on any atom is -0.508 e. The maximum Gasteiger partial charge on any atom is 0.120 e. The van der Waals surface area contributed by atoms with E-state index in [9.17, 15) is 5.11 Å². The maximum absolute atomic E-state index is 9.48. The molecule has 3 N–H and O–H groups in total. The van der Waals surface area contributed by atoms with Crippen LogP contribution in [0.3, 0.4) is 0 Å². The van der Waals surface area contributed by atoms with E-state index in [0.717, 1.165) is 0 Å². The van der Waals surface area contributed by atoms with E-state index in [2.05, 4.69) is 0 Å². The van der Waals surface area contributed by atoms with Gasteiger partial charge < -0.3 is 15.6 Å². The Labute approximate surface area is 82.5 Å². The molecule has 14 heavy (non-hydrogen) atoms. The summed E-state index contributed by atoms with van der Waals surface area (Å²) < 4.78 is 4.99. The number of hydrogen-bond donors (Lipinski definition) is 2. The second-order valence-corrected chi connectivity index (χ2v) is 2.89. The van der Waals surface area contributed by atoms with Gasteiger partial charge in [-0.25, -0.2) is 0 Å². The van der Waals surface area contributed by atoms with Gasteiger partial charge in [0.15, 0.2) is 0 Å². The van der Waals surface area contributed by atoms with Crippen LogP contribution in [0.1, 0.15) is 18.0 Å². The molecule has 0 saturated heterocycles. The Kier molecular flexibility index (Phi) is 3.32. The molecule has 0 radical (unpaired) electrons. The van der Waals surface area contributed by atoms with Crippen molar-refractivity contribution in [1.29, 1.82) is 5.26 Å². The number of phenols is 1. The van der Waals surface area contributed by atoms with Crippen molar-refractivity contribution in [2.24, 2.45) is 5.73 Å². The van der Waals surface area contributed by atoms with Crippen molar-refractivity contribution < 1.29 is 9.84 Å². The molecule has 74 valence electrons. The Balaban J connectivity index is 3.00. The van der Waals surface area contributed by atoms with Gasteiger partial charge in [-0.3, -0.25) is 0 Å². The SMILES string of the molecule is COc1ccc(O)c(C(N)CC#N)c1. The fourth-order valence-electron chi connectivity index (χ4n) is 1.16. The van der Waals surface area contributed by atoms with E-state index in [1.807, 2.05) is 6.07 Å². The second kappa shape index (κ2) is 4.49. The molecule has 1 atom stereocenters. The summed E-state index contributed by atoms with van der Waals surface area (Å²) in [5.74, 6) is 0.708. The number of ether oxygens (including phenoxy) is 1. The quantitative estimate of drug-likeness (QED) is 0.756. The molecule has 0 aromatic heterocycles. The lowest BCUT2D eigenvalue weighted by Crippen LogP contribution is -2.09. The van der Waals surface area contributed by atoms with Gasteiger partial charge in [-0.2, -0.15) is 5.26 Å². The topological polar surface area (TPSA) is 79.3 Å². The first kappa shape index (κ1) is 10.4. The molecule has 0 heterocycles. The van der Waals surface area contributed by atoms with Gasteiger partial charge in [-0.05, 0) is 18.2 Å². The number of methoxy groups -OCH3 is 1. The summed E-state index contributed by atoms with van der Waals surface area (Å²) in [7, 11) is 1.53. The Hall–Kier alpha value is -1.73. The zero-order chi connectivity index (χ0) is 10.6. The fraction of sp³-hybridized carbons (Fsp3) is 0.300. The summed E-state index contributed by atoms with van der Waals surface area (Å²) in [6, 6.07) is 6.26. The Bertz CT molecular complexity index is 358. The number of nitriles is 1. The van der Waals surface area contributed by atoms with Crippen LogP contribution in [-0.4, -0.2) is 12.2 Å². The molecule has 1 rings (SSSR count). The number of aromatic hydroxyl groups is 1. The molecule has 0 aliphatic heterocycles. The van der Waals surface area contributed by atoms with Crippen LogP contribution in [0.4, 0.5) is 0 Å². The Morgan fingerprint density at radius 3 is 2.93 bits per heavy atom. The number of rotatable bonds is 3. The highest BCUT2D eigenvalue weighted by Gasteiger charge is 2.11. The first-order chi connectivity index (χ1) is 6.69. The normalized spacial score (nSPS) is 11.8.